The van der Waals surface area contributed by atoms with Crippen LogP contribution in [0.25, 0.3) is 11.3 Å². The fraction of sp³-hybridized carbons (Fsp3) is 0.379. The molecule has 1 aromatic heterocycles. The topological polar surface area (TPSA) is 106 Å². The first-order valence-electron chi connectivity index (χ1n) is 13.2. The highest BCUT2D eigenvalue weighted by Crippen LogP contribution is 2.32. The molecule has 39 heavy (non-hydrogen) atoms. The standard InChI is InChI=1S/C29H32ClN5O4/c1-3-25(18-5-4-6-22(13-18)38-2)33-26(36)17-35-16-20-8-7-19(14-23(20)28(35)37)27-24(30)15-31-29(34-27)32-21-9-11-39-12-10-21/h4-8,13-15,21,25H,3,9-12,16-17H2,1-2H3,(H,33,36)(H,31,32,34)/t25-/m1/s1. The van der Waals surface area contributed by atoms with Crippen molar-refractivity contribution in [2.75, 3.05) is 32.2 Å². The number of rotatable bonds is 9. The molecule has 0 aliphatic carbocycles. The molecule has 0 radical (unpaired) electrons. The monoisotopic (exact) mass is 549 g/mol. The lowest BCUT2D eigenvalue weighted by Gasteiger charge is -2.23. The summed E-state index contributed by atoms with van der Waals surface area (Å²) in [6.07, 6.45) is 4.05. The van der Waals surface area contributed by atoms with E-state index < -0.39 is 0 Å². The highest BCUT2D eigenvalue weighted by molar-refractivity contribution is 6.33. The Morgan fingerprint density at radius 3 is 2.82 bits per heavy atom. The summed E-state index contributed by atoms with van der Waals surface area (Å²) in [7, 11) is 1.61. The maximum absolute atomic E-state index is 13.3. The Hall–Kier alpha value is -3.69. The highest BCUT2D eigenvalue weighted by Gasteiger charge is 2.30. The fourth-order valence-electron chi connectivity index (χ4n) is 4.99. The van der Waals surface area contributed by atoms with Gasteiger partial charge in [-0.15, -0.1) is 0 Å². The van der Waals surface area contributed by atoms with Gasteiger partial charge in [0.1, 0.15) is 12.3 Å². The van der Waals surface area contributed by atoms with Crippen LogP contribution in [0, 0.1) is 0 Å². The van der Waals surface area contributed by atoms with Crippen LogP contribution in [0.15, 0.2) is 48.7 Å². The van der Waals surface area contributed by atoms with Crippen LogP contribution in [0.3, 0.4) is 0 Å². The minimum absolute atomic E-state index is 0.0310. The third-order valence-electron chi connectivity index (χ3n) is 7.13. The fourth-order valence-corrected chi connectivity index (χ4v) is 5.19. The number of carbonyl (C=O) groups is 2. The Kier molecular flexibility index (Phi) is 8.28. The summed E-state index contributed by atoms with van der Waals surface area (Å²) < 4.78 is 10.7. The van der Waals surface area contributed by atoms with Crippen LogP contribution in [0.2, 0.25) is 5.02 Å². The van der Waals surface area contributed by atoms with Crippen molar-refractivity contribution in [3.8, 4) is 17.0 Å². The molecule has 3 heterocycles. The van der Waals surface area contributed by atoms with Crippen LogP contribution >= 0.6 is 11.6 Å². The van der Waals surface area contributed by atoms with Crippen molar-refractivity contribution in [1.29, 1.82) is 0 Å². The van der Waals surface area contributed by atoms with Crippen LogP contribution < -0.4 is 15.4 Å². The van der Waals surface area contributed by atoms with Crippen LogP contribution in [0.1, 0.15) is 53.7 Å². The zero-order valence-corrected chi connectivity index (χ0v) is 22.8. The summed E-state index contributed by atoms with van der Waals surface area (Å²) in [5, 5.41) is 6.81. The van der Waals surface area contributed by atoms with Crippen molar-refractivity contribution < 1.29 is 19.1 Å². The molecule has 0 spiro atoms. The number of fused-ring (bicyclic) bond motifs is 1. The molecular weight excluding hydrogens is 518 g/mol. The van der Waals surface area contributed by atoms with Gasteiger partial charge in [0.05, 0.1) is 30.1 Å². The lowest BCUT2D eigenvalue weighted by Crippen LogP contribution is -2.39. The minimum Gasteiger partial charge on any atom is -0.497 e. The number of nitrogens with zero attached hydrogens (tertiary/aromatic N) is 3. The average Bonchev–Trinajstić information content (AvgIpc) is 3.27. The van der Waals surface area contributed by atoms with Crippen LogP contribution in [0.5, 0.6) is 5.75 Å². The van der Waals surface area contributed by atoms with Gasteiger partial charge in [-0.1, -0.05) is 42.8 Å². The largest absolute Gasteiger partial charge is 0.497 e. The van der Waals surface area contributed by atoms with Crippen molar-refractivity contribution in [3.05, 3.63) is 70.4 Å². The van der Waals surface area contributed by atoms with Gasteiger partial charge >= 0.3 is 0 Å². The number of nitrogens with one attached hydrogen (secondary N) is 2. The molecule has 0 unspecified atom stereocenters. The molecular formula is C29H32ClN5O4. The second kappa shape index (κ2) is 12.0. The van der Waals surface area contributed by atoms with Gasteiger partial charge in [0, 0.05) is 36.9 Å². The van der Waals surface area contributed by atoms with Crippen molar-refractivity contribution in [2.45, 2.75) is 44.8 Å². The van der Waals surface area contributed by atoms with Crippen LogP contribution in [0.4, 0.5) is 5.95 Å². The molecule has 3 aromatic rings. The van der Waals surface area contributed by atoms with E-state index in [2.05, 4.69) is 20.6 Å². The molecule has 10 heteroatoms. The van der Waals surface area contributed by atoms with Gasteiger partial charge in [0.25, 0.3) is 5.91 Å². The molecule has 2 aliphatic heterocycles. The number of amides is 2. The Morgan fingerprint density at radius 2 is 2.05 bits per heavy atom. The number of hydrogen-bond acceptors (Lipinski definition) is 7. The summed E-state index contributed by atoms with van der Waals surface area (Å²) in [5.74, 6) is 0.820. The second-order valence-corrected chi connectivity index (χ2v) is 10.2. The first-order valence-corrected chi connectivity index (χ1v) is 13.6. The average molecular weight is 550 g/mol. The van der Waals surface area contributed by atoms with E-state index in [1.807, 2.05) is 43.3 Å². The number of anilines is 1. The molecule has 2 aliphatic rings. The van der Waals surface area contributed by atoms with Gasteiger partial charge in [-0.3, -0.25) is 9.59 Å². The van der Waals surface area contributed by atoms with Gasteiger partial charge in [0.15, 0.2) is 0 Å². The van der Waals surface area contributed by atoms with Gasteiger partial charge in [-0.2, -0.15) is 0 Å². The summed E-state index contributed by atoms with van der Waals surface area (Å²) in [6.45, 7) is 3.76. The van der Waals surface area contributed by atoms with Crippen molar-refractivity contribution in [1.82, 2.24) is 20.2 Å². The molecule has 204 valence electrons. The van der Waals surface area contributed by atoms with Gasteiger partial charge in [0.2, 0.25) is 11.9 Å². The van der Waals surface area contributed by atoms with Gasteiger partial charge in [-0.05, 0) is 48.6 Å². The highest BCUT2D eigenvalue weighted by atomic mass is 35.5. The Balaban J connectivity index is 1.27. The maximum Gasteiger partial charge on any atom is 0.254 e. The van der Waals surface area contributed by atoms with E-state index in [0.717, 1.165) is 35.3 Å². The van der Waals surface area contributed by atoms with E-state index in [1.54, 1.807) is 24.3 Å². The summed E-state index contributed by atoms with van der Waals surface area (Å²) in [6, 6.07) is 13.3. The number of methoxy groups -OCH3 is 1. The SMILES string of the molecule is CC[C@@H](NC(=O)CN1Cc2ccc(-c3nc(NC4CCOCC4)ncc3Cl)cc2C1=O)c1cccc(OC)c1. The Morgan fingerprint density at radius 1 is 1.23 bits per heavy atom. The van der Waals surface area contributed by atoms with Crippen molar-refractivity contribution >= 4 is 29.4 Å². The first-order chi connectivity index (χ1) is 18.9. The van der Waals surface area contributed by atoms with Gasteiger partial charge < -0.3 is 25.0 Å². The van der Waals surface area contributed by atoms with Crippen LogP contribution in [-0.4, -0.2) is 59.6 Å². The maximum atomic E-state index is 13.3. The number of ether oxygens (including phenoxy) is 2. The quantitative estimate of drug-likeness (QED) is 0.401. The van der Waals surface area contributed by atoms with Crippen molar-refractivity contribution in [2.24, 2.45) is 0 Å². The molecule has 2 N–H and O–H groups in total. The number of halogens is 1. The Bertz CT molecular complexity index is 1360. The normalized spacial score (nSPS) is 16.1. The third-order valence-corrected chi connectivity index (χ3v) is 7.41. The molecule has 5 rings (SSSR count). The van der Waals surface area contributed by atoms with E-state index in [1.165, 1.54) is 0 Å². The number of carbonyl (C=O) groups excluding carboxylic acids is 2. The van der Waals surface area contributed by atoms with Crippen LogP contribution in [-0.2, 0) is 16.1 Å². The predicted octanol–water partition coefficient (Wildman–Crippen LogP) is 4.62. The number of aromatic nitrogens is 2. The molecule has 9 nitrogen and oxygen atoms in total. The van der Waals surface area contributed by atoms with E-state index >= 15 is 0 Å². The van der Waals surface area contributed by atoms with E-state index in [9.17, 15) is 9.59 Å². The minimum atomic E-state index is -0.214. The number of hydrogen-bond donors (Lipinski definition) is 2. The molecule has 1 fully saturated rings. The summed E-state index contributed by atoms with van der Waals surface area (Å²) in [4.78, 5) is 36.8. The molecule has 2 aromatic carbocycles. The van der Waals surface area contributed by atoms with E-state index in [4.69, 9.17) is 21.1 Å². The second-order valence-electron chi connectivity index (χ2n) is 9.76. The zero-order chi connectivity index (χ0) is 27.4. The molecule has 0 saturated carbocycles. The van der Waals surface area contributed by atoms with E-state index in [-0.39, 0.29) is 30.4 Å². The lowest BCUT2D eigenvalue weighted by molar-refractivity contribution is -0.122. The predicted molar refractivity (Wildman–Crippen MR) is 149 cm³/mol. The molecule has 0 bridgehead atoms. The van der Waals surface area contributed by atoms with Gasteiger partial charge in [-0.25, -0.2) is 9.97 Å². The molecule has 1 saturated heterocycles. The third kappa shape index (κ3) is 6.15. The molecule has 2 amide bonds. The van der Waals surface area contributed by atoms with Crippen molar-refractivity contribution in [3.63, 3.8) is 0 Å². The number of benzene rings is 2. The van der Waals surface area contributed by atoms with E-state index in [0.29, 0.717) is 48.4 Å². The summed E-state index contributed by atoms with van der Waals surface area (Å²) >= 11 is 6.46. The Labute approximate surface area is 232 Å². The smallest absolute Gasteiger partial charge is 0.254 e. The summed E-state index contributed by atoms with van der Waals surface area (Å²) in [5.41, 5.74) is 3.64. The first kappa shape index (κ1) is 26.9. The molecule has 1 atom stereocenters. The lowest BCUT2D eigenvalue weighted by atomic mass is 10.0. The zero-order valence-electron chi connectivity index (χ0n) is 22.1.